The van der Waals surface area contributed by atoms with Gasteiger partial charge in [-0.25, -0.2) is 0 Å². The predicted octanol–water partition coefficient (Wildman–Crippen LogP) is 2.27. The van der Waals surface area contributed by atoms with Gasteiger partial charge in [0.25, 0.3) is 0 Å². The van der Waals surface area contributed by atoms with Crippen molar-refractivity contribution in [1.29, 1.82) is 0 Å². The fraction of sp³-hybridized carbons (Fsp3) is 0.500. The molecule has 0 spiro atoms. The van der Waals surface area contributed by atoms with Gasteiger partial charge in [0.15, 0.2) is 0 Å². The molecule has 2 heterocycles. The third-order valence-electron chi connectivity index (χ3n) is 5.95. The number of aliphatic hydroxyl groups excluding tert-OH is 3. The maximum absolute atomic E-state index is 10.5. The zero-order valence-electron chi connectivity index (χ0n) is 17.9. The first kappa shape index (κ1) is 23.4. The van der Waals surface area contributed by atoms with Gasteiger partial charge in [-0.3, -0.25) is 0 Å². The number of hydrogen-bond donors (Lipinski definition) is 3. The summed E-state index contributed by atoms with van der Waals surface area (Å²) in [7, 11) is 1.49. The van der Waals surface area contributed by atoms with E-state index in [1.165, 1.54) is 7.11 Å². The molecule has 0 unspecified atom stereocenters. The normalized spacial score (nSPS) is 30.4. The average molecular weight is 465 g/mol. The lowest BCUT2D eigenvalue weighted by Crippen LogP contribution is -2.55. The first-order valence-corrected chi connectivity index (χ1v) is 11.1. The fourth-order valence-corrected chi connectivity index (χ4v) is 4.32. The van der Waals surface area contributed by atoms with E-state index in [1.807, 2.05) is 30.3 Å². The highest BCUT2D eigenvalue weighted by Gasteiger charge is 2.44. The zero-order chi connectivity index (χ0) is 22.7. The monoisotopic (exact) mass is 464 g/mol. The van der Waals surface area contributed by atoms with Crippen LogP contribution in [0, 0.1) is 0 Å². The maximum Gasteiger partial charge on any atom is 0.124 e. The van der Waals surface area contributed by atoms with Gasteiger partial charge in [-0.2, -0.15) is 0 Å². The molecule has 2 fully saturated rings. The van der Waals surface area contributed by atoms with Crippen LogP contribution in [0.4, 0.5) is 0 Å². The summed E-state index contributed by atoms with van der Waals surface area (Å²) >= 11 is 6.45. The summed E-state index contributed by atoms with van der Waals surface area (Å²) in [6.45, 7) is 1.46. The Labute approximate surface area is 192 Å². The van der Waals surface area contributed by atoms with Crippen LogP contribution >= 0.6 is 11.6 Å². The zero-order valence-corrected chi connectivity index (χ0v) is 18.6. The van der Waals surface area contributed by atoms with Crippen molar-refractivity contribution < 1.29 is 34.3 Å². The van der Waals surface area contributed by atoms with Gasteiger partial charge in [0.05, 0.1) is 19.8 Å². The Balaban J connectivity index is 1.48. The van der Waals surface area contributed by atoms with Crippen LogP contribution in [0.5, 0.6) is 5.75 Å². The highest BCUT2D eigenvalue weighted by molar-refractivity contribution is 6.31. The van der Waals surface area contributed by atoms with Gasteiger partial charge in [0.1, 0.15) is 42.4 Å². The molecule has 174 valence electrons. The van der Waals surface area contributed by atoms with E-state index in [4.69, 9.17) is 30.5 Å². The highest BCUT2D eigenvalue weighted by atomic mass is 35.5. The molecule has 0 bridgehead atoms. The van der Waals surface area contributed by atoms with E-state index in [2.05, 4.69) is 0 Å². The van der Waals surface area contributed by atoms with Crippen molar-refractivity contribution in [2.75, 3.05) is 26.9 Å². The second-order valence-corrected chi connectivity index (χ2v) is 8.70. The Morgan fingerprint density at radius 2 is 1.81 bits per heavy atom. The molecular formula is C24H29ClO7. The lowest BCUT2D eigenvalue weighted by molar-refractivity contribution is -0.233. The van der Waals surface area contributed by atoms with Gasteiger partial charge in [-0.05, 0) is 41.3 Å². The molecule has 4 rings (SSSR count). The van der Waals surface area contributed by atoms with Crippen LogP contribution in [0.25, 0.3) is 0 Å². The Bertz CT molecular complexity index is 884. The molecule has 32 heavy (non-hydrogen) atoms. The van der Waals surface area contributed by atoms with Crippen LogP contribution in [0.3, 0.4) is 0 Å². The molecule has 0 saturated carbocycles. The van der Waals surface area contributed by atoms with Crippen molar-refractivity contribution in [3.63, 3.8) is 0 Å². The standard InChI is InChI=1S/C24H29ClO7/c1-29-13-20-21(26)22(27)23(28)24(32-20)15-4-7-19(25)16(11-15)10-14-2-5-17(6-3-14)31-18-8-9-30-12-18/h2-7,11,18,20-24,26-28H,8-10,12-13H2,1H3/t18-,20+,21+,22-,23+,24-/m0/s1. The number of rotatable bonds is 7. The molecule has 7 nitrogen and oxygen atoms in total. The summed E-state index contributed by atoms with van der Waals surface area (Å²) in [6, 6.07) is 13.2. The lowest BCUT2D eigenvalue weighted by atomic mass is 9.90. The quantitative estimate of drug-likeness (QED) is 0.578. The third-order valence-corrected chi connectivity index (χ3v) is 6.32. The highest BCUT2D eigenvalue weighted by Crippen LogP contribution is 2.34. The molecule has 2 aromatic rings. The number of ether oxygens (including phenoxy) is 4. The summed E-state index contributed by atoms with van der Waals surface area (Å²) < 4.78 is 22.2. The molecule has 0 aromatic heterocycles. The van der Waals surface area contributed by atoms with Crippen molar-refractivity contribution in [2.45, 2.75) is 49.5 Å². The number of methoxy groups -OCH3 is 1. The van der Waals surface area contributed by atoms with Gasteiger partial charge < -0.3 is 34.3 Å². The molecule has 3 N–H and O–H groups in total. The number of halogens is 1. The molecular weight excluding hydrogens is 436 g/mol. The summed E-state index contributed by atoms with van der Waals surface area (Å²) in [5, 5.41) is 31.5. The molecule has 2 saturated heterocycles. The van der Waals surface area contributed by atoms with Crippen molar-refractivity contribution >= 4 is 11.6 Å². The largest absolute Gasteiger partial charge is 0.488 e. The molecule has 0 radical (unpaired) electrons. The van der Waals surface area contributed by atoms with Crippen molar-refractivity contribution in [2.24, 2.45) is 0 Å². The number of hydrogen-bond acceptors (Lipinski definition) is 7. The Hall–Kier alpha value is -1.71. The van der Waals surface area contributed by atoms with Crippen molar-refractivity contribution in [1.82, 2.24) is 0 Å². The van der Waals surface area contributed by atoms with Crippen LogP contribution in [-0.2, 0) is 20.6 Å². The van der Waals surface area contributed by atoms with Crippen LogP contribution in [0.1, 0.15) is 29.2 Å². The van der Waals surface area contributed by atoms with E-state index in [9.17, 15) is 15.3 Å². The van der Waals surface area contributed by atoms with Gasteiger partial charge >= 0.3 is 0 Å². The third kappa shape index (κ3) is 5.26. The molecule has 2 aliphatic heterocycles. The average Bonchev–Trinajstić information content (AvgIpc) is 3.30. The lowest BCUT2D eigenvalue weighted by Gasteiger charge is -2.40. The van der Waals surface area contributed by atoms with Crippen molar-refractivity contribution in [3.8, 4) is 5.75 Å². The molecule has 0 aliphatic carbocycles. The van der Waals surface area contributed by atoms with E-state index in [0.717, 1.165) is 29.9 Å². The minimum Gasteiger partial charge on any atom is -0.488 e. The predicted molar refractivity (Wildman–Crippen MR) is 118 cm³/mol. The Morgan fingerprint density at radius 1 is 1.03 bits per heavy atom. The van der Waals surface area contributed by atoms with Crippen LogP contribution in [0.2, 0.25) is 5.02 Å². The minimum atomic E-state index is -1.34. The van der Waals surface area contributed by atoms with Gasteiger partial charge in [-0.1, -0.05) is 35.9 Å². The van der Waals surface area contributed by atoms with Gasteiger partial charge in [0.2, 0.25) is 0 Å². The second-order valence-electron chi connectivity index (χ2n) is 8.30. The van der Waals surface area contributed by atoms with Gasteiger partial charge in [0, 0.05) is 18.6 Å². The molecule has 2 aromatic carbocycles. The topological polar surface area (TPSA) is 97.6 Å². The first-order valence-electron chi connectivity index (χ1n) is 10.8. The Kier molecular flexibility index (Phi) is 7.68. The van der Waals surface area contributed by atoms with Crippen LogP contribution < -0.4 is 4.74 Å². The van der Waals surface area contributed by atoms with E-state index < -0.39 is 30.5 Å². The Morgan fingerprint density at radius 3 is 2.50 bits per heavy atom. The number of aliphatic hydroxyl groups is 3. The molecule has 8 heteroatoms. The van der Waals surface area contributed by atoms with E-state index in [-0.39, 0.29) is 12.7 Å². The minimum absolute atomic E-state index is 0.100. The molecule has 2 aliphatic rings. The second kappa shape index (κ2) is 10.5. The first-order chi connectivity index (χ1) is 15.5. The van der Waals surface area contributed by atoms with Crippen LogP contribution in [0.15, 0.2) is 42.5 Å². The van der Waals surface area contributed by atoms with E-state index in [1.54, 1.807) is 12.1 Å². The summed E-state index contributed by atoms with van der Waals surface area (Å²) in [5.41, 5.74) is 2.59. The van der Waals surface area contributed by atoms with Gasteiger partial charge in [-0.15, -0.1) is 0 Å². The summed E-state index contributed by atoms with van der Waals surface area (Å²) in [6.07, 6.45) is -3.83. The van der Waals surface area contributed by atoms with Crippen molar-refractivity contribution in [3.05, 3.63) is 64.2 Å². The van der Waals surface area contributed by atoms with E-state index in [0.29, 0.717) is 23.6 Å². The smallest absolute Gasteiger partial charge is 0.124 e. The van der Waals surface area contributed by atoms with Crippen LogP contribution in [-0.4, -0.2) is 72.8 Å². The number of benzene rings is 2. The SMILES string of the molecule is COC[C@H]1O[C@@H](c2ccc(Cl)c(Cc3ccc(O[C@H]4CCOC4)cc3)c2)[C@H](O)[C@@H](O)[C@@H]1O. The molecule has 6 atom stereocenters. The summed E-state index contributed by atoms with van der Waals surface area (Å²) in [5.74, 6) is 0.805. The molecule has 0 amide bonds. The maximum atomic E-state index is 10.5. The van der Waals surface area contributed by atoms with E-state index >= 15 is 0 Å². The summed E-state index contributed by atoms with van der Waals surface area (Å²) in [4.78, 5) is 0. The fourth-order valence-electron chi connectivity index (χ4n) is 4.14.